The van der Waals surface area contributed by atoms with Crippen molar-refractivity contribution in [3.05, 3.63) is 71.1 Å². The molecule has 1 atom stereocenters. The first-order valence-electron chi connectivity index (χ1n) is 8.57. The molecular formula is C20H17ClN4O4. The number of ether oxygens (including phenoxy) is 1. The summed E-state index contributed by atoms with van der Waals surface area (Å²) < 4.78 is 6.83. The average Bonchev–Trinajstić information content (AvgIpc) is 3.01. The van der Waals surface area contributed by atoms with Crippen LogP contribution in [0, 0.1) is 0 Å². The Bertz CT molecular complexity index is 1110. The molecule has 1 aromatic carbocycles. The van der Waals surface area contributed by atoms with E-state index in [1.807, 2.05) is 12.1 Å². The minimum Gasteiger partial charge on any atom is -0.449 e. The van der Waals surface area contributed by atoms with Gasteiger partial charge >= 0.3 is 5.97 Å². The molecule has 0 aliphatic carbocycles. The molecule has 0 bridgehead atoms. The van der Waals surface area contributed by atoms with Crippen LogP contribution < -0.4 is 11.1 Å². The Kier molecular flexibility index (Phi) is 5.94. The van der Waals surface area contributed by atoms with Gasteiger partial charge in [0.25, 0.3) is 5.91 Å². The Morgan fingerprint density at radius 2 is 1.93 bits per heavy atom. The Labute approximate surface area is 170 Å². The molecule has 8 nitrogen and oxygen atoms in total. The van der Waals surface area contributed by atoms with Gasteiger partial charge in [0.05, 0.1) is 5.69 Å². The number of amides is 2. The number of nitrogens with two attached hydrogens (primary N) is 1. The summed E-state index contributed by atoms with van der Waals surface area (Å²) in [7, 11) is 0. The molecule has 0 aliphatic rings. The van der Waals surface area contributed by atoms with Crippen LogP contribution in [0.1, 0.15) is 23.0 Å². The number of nitrogens with zero attached hydrogens (tertiary/aromatic N) is 2. The third-order valence-corrected chi connectivity index (χ3v) is 4.28. The van der Waals surface area contributed by atoms with Crippen molar-refractivity contribution in [3.8, 4) is 0 Å². The first-order chi connectivity index (χ1) is 13.8. The number of rotatable bonds is 6. The molecular weight excluding hydrogens is 396 g/mol. The van der Waals surface area contributed by atoms with Crippen LogP contribution in [0.5, 0.6) is 0 Å². The van der Waals surface area contributed by atoms with Crippen molar-refractivity contribution in [2.75, 3.05) is 5.32 Å². The fourth-order valence-electron chi connectivity index (χ4n) is 2.51. The van der Waals surface area contributed by atoms with Crippen molar-refractivity contribution >= 4 is 46.8 Å². The third kappa shape index (κ3) is 4.80. The monoisotopic (exact) mass is 412 g/mol. The predicted octanol–water partition coefficient (Wildman–Crippen LogP) is 2.67. The van der Waals surface area contributed by atoms with Crippen molar-refractivity contribution in [1.82, 2.24) is 9.38 Å². The second-order valence-electron chi connectivity index (χ2n) is 6.06. The Balaban J connectivity index is 1.60. The van der Waals surface area contributed by atoms with Crippen LogP contribution in [-0.4, -0.2) is 33.3 Å². The van der Waals surface area contributed by atoms with Crippen LogP contribution in [0.25, 0.3) is 11.7 Å². The van der Waals surface area contributed by atoms with E-state index in [1.165, 1.54) is 43.3 Å². The van der Waals surface area contributed by atoms with E-state index in [1.54, 1.807) is 16.7 Å². The summed E-state index contributed by atoms with van der Waals surface area (Å²) in [6, 6.07) is 11.4. The largest absolute Gasteiger partial charge is 0.449 e. The number of benzene rings is 1. The number of esters is 1. The fraction of sp³-hybridized carbons (Fsp3) is 0.100. The van der Waals surface area contributed by atoms with Gasteiger partial charge in [-0.2, -0.15) is 0 Å². The Morgan fingerprint density at radius 1 is 1.21 bits per heavy atom. The van der Waals surface area contributed by atoms with Gasteiger partial charge in [-0.15, -0.1) is 0 Å². The van der Waals surface area contributed by atoms with Crippen LogP contribution in [0.4, 0.5) is 5.69 Å². The van der Waals surface area contributed by atoms with Gasteiger partial charge in [0.1, 0.15) is 5.65 Å². The molecule has 2 aromatic heterocycles. The molecule has 0 spiro atoms. The Morgan fingerprint density at radius 3 is 2.62 bits per heavy atom. The van der Waals surface area contributed by atoms with Crippen molar-refractivity contribution in [2.24, 2.45) is 5.73 Å². The minimum atomic E-state index is -1.04. The number of hydrogen-bond acceptors (Lipinski definition) is 5. The Hall–Kier alpha value is -3.65. The summed E-state index contributed by atoms with van der Waals surface area (Å²) >= 11 is 6.10. The van der Waals surface area contributed by atoms with Gasteiger partial charge in [-0.25, -0.2) is 9.78 Å². The number of nitrogens with one attached hydrogen (secondary N) is 1. The third-order valence-electron chi connectivity index (χ3n) is 4.00. The first kappa shape index (κ1) is 20.1. The molecule has 9 heteroatoms. The zero-order chi connectivity index (χ0) is 21.0. The molecule has 2 amide bonds. The van der Waals surface area contributed by atoms with Crippen LogP contribution in [0.15, 0.2) is 54.7 Å². The number of fused-ring (bicyclic) bond motifs is 1. The van der Waals surface area contributed by atoms with Crippen LogP contribution in [0.3, 0.4) is 0 Å². The number of carbonyl (C=O) groups is 3. The average molecular weight is 413 g/mol. The lowest BCUT2D eigenvalue weighted by Crippen LogP contribution is -2.29. The zero-order valence-corrected chi connectivity index (χ0v) is 16.1. The second kappa shape index (κ2) is 8.57. The van der Waals surface area contributed by atoms with E-state index >= 15 is 0 Å². The summed E-state index contributed by atoms with van der Waals surface area (Å²) in [5.74, 6) is -1.80. The summed E-state index contributed by atoms with van der Waals surface area (Å²) in [5.41, 5.74) is 7.09. The van der Waals surface area contributed by atoms with Gasteiger partial charge in [0.15, 0.2) is 11.3 Å². The number of primary amides is 1. The highest BCUT2D eigenvalue weighted by molar-refractivity contribution is 6.31. The lowest BCUT2D eigenvalue weighted by atomic mass is 10.2. The molecule has 29 heavy (non-hydrogen) atoms. The molecule has 0 radical (unpaired) electrons. The highest BCUT2D eigenvalue weighted by Crippen LogP contribution is 2.19. The van der Waals surface area contributed by atoms with Crippen molar-refractivity contribution in [1.29, 1.82) is 0 Å². The highest BCUT2D eigenvalue weighted by Gasteiger charge is 2.17. The topological polar surface area (TPSA) is 116 Å². The molecule has 3 N–H and O–H groups in total. The maximum atomic E-state index is 12.2. The molecule has 0 saturated carbocycles. The highest BCUT2D eigenvalue weighted by atomic mass is 35.5. The van der Waals surface area contributed by atoms with Gasteiger partial charge in [0.2, 0.25) is 5.91 Å². The van der Waals surface area contributed by atoms with Crippen molar-refractivity contribution in [3.63, 3.8) is 0 Å². The van der Waals surface area contributed by atoms with Crippen LogP contribution in [-0.2, 0) is 14.3 Å². The lowest BCUT2D eigenvalue weighted by Gasteiger charge is -2.12. The molecule has 3 aromatic rings. The van der Waals surface area contributed by atoms with Gasteiger partial charge in [-0.05, 0) is 49.4 Å². The molecule has 0 fully saturated rings. The molecule has 0 saturated heterocycles. The maximum Gasteiger partial charge on any atom is 0.331 e. The molecule has 2 heterocycles. The SMILES string of the molecule is C[C@H](OC(=O)/C=C/c1c(Cl)nc2ccccn12)C(=O)Nc1ccc(C(N)=O)cc1. The number of carbonyl (C=O) groups excluding carboxylic acids is 3. The summed E-state index contributed by atoms with van der Waals surface area (Å²) in [4.78, 5) is 39.5. The maximum absolute atomic E-state index is 12.2. The van der Waals surface area contributed by atoms with Gasteiger partial charge < -0.3 is 15.8 Å². The quantitative estimate of drug-likeness (QED) is 0.477. The van der Waals surface area contributed by atoms with E-state index in [0.717, 1.165) is 0 Å². The number of imidazole rings is 1. The van der Waals surface area contributed by atoms with Crippen LogP contribution in [0.2, 0.25) is 5.15 Å². The fourth-order valence-corrected chi connectivity index (χ4v) is 2.75. The molecule has 3 rings (SSSR count). The van der Waals surface area contributed by atoms with Gasteiger partial charge in [0, 0.05) is 23.5 Å². The van der Waals surface area contributed by atoms with E-state index in [2.05, 4.69) is 10.3 Å². The summed E-state index contributed by atoms with van der Waals surface area (Å²) in [6.45, 7) is 1.44. The molecule has 148 valence electrons. The molecule has 0 aliphatic heterocycles. The number of pyridine rings is 1. The summed E-state index contributed by atoms with van der Waals surface area (Å²) in [6.07, 6.45) is 3.37. The number of anilines is 1. The molecule has 0 unspecified atom stereocenters. The van der Waals surface area contributed by atoms with E-state index in [4.69, 9.17) is 22.1 Å². The zero-order valence-electron chi connectivity index (χ0n) is 15.3. The van der Waals surface area contributed by atoms with Gasteiger partial charge in [-0.1, -0.05) is 17.7 Å². The minimum absolute atomic E-state index is 0.241. The normalized spacial score (nSPS) is 12.1. The number of hydrogen-bond donors (Lipinski definition) is 2. The summed E-state index contributed by atoms with van der Waals surface area (Å²) in [5, 5.41) is 2.83. The second-order valence-corrected chi connectivity index (χ2v) is 6.42. The lowest BCUT2D eigenvalue weighted by molar-refractivity contribution is -0.148. The number of halogens is 1. The van der Waals surface area contributed by atoms with Crippen LogP contribution >= 0.6 is 11.6 Å². The van der Waals surface area contributed by atoms with E-state index < -0.39 is 23.9 Å². The van der Waals surface area contributed by atoms with Gasteiger partial charge in [-0.3, -0.25) is 14.0 Å². The number of aromatic nitrogens is 2. The van der Waals surface area contributed by atoms with E-state index in [0.29, 0.717) is 22.6 Å². The van der Waals surface area contributed by atoms with E-state index in [-0.39, 0.29) is 5.15 Å². The standard InChI is InChI=1S/C20H17ClN4O4/c1-12(20(28)23-14-7-5-13(6-8-14)19(22)27)29-17(26)10-9-15-18(21)24-16-4-2-3-11-25(15)16/h2-12H,1H3,(H2,22,27)(H,23,28)/b10-9+/t12-/m0/s1. The predicted molar refractivity (Wildman–Crippen MR) is 108 cm³/mol. The van der Waals surface area contributed by atoms with E-state index in [9.17, 15) is 14.4 Å². The smallest absolute Gasteiger partial charge is 0.331 e. The first-order valence-corrected chi connectivity index (χ1v) is 8.95. The van der Waals surface area contributed by atoms with Crippen molar-refractivity contribution < 1.29 is 19.1 Å². The van der Waals surface area contributed by atoms with Crippen molar-refractivity contribution in [2.45, 2.75) is 13.0 Å².